The highest BCUT2D eigenvalue weighted by molar-refractivity contribution is 9.10. The van der Waals surface area contributed by atoms with Gasteiger partial charge in [-0.05, 0) is 83.6 Å². The summed E-state index contributed by atoms with van der Waals surface area (Å²) in [7, 11) is 3.17. The van der Waals surface area contributed by atoms with Crippen molar-refractivity contribution in [3.05, 3.63) is 83.1 Å². The van der Waals surface area contributed by atoms with Crippen molar-refractivity contribution in [3.63, 3.8) is 0 Å². The molecule has 0 radical (unpaired) electrons. The first kappa shape index (κ1) is 49.5. The van der Waals surface area contributed by atoms with Crippen LogP contribution in [0.25, 0.3) is 32.9 Å². The van der Waals surface area contributed by atoms with Gasteiger partial charge in [0.2, 0.25) is 21.9 Å². The molecular formula is C50H57BrFN15O5S. The number of piperazine rings is 1. The molecule has 3 saturated heterocycles. The Labute approximate surface area is 430 Å². The molecule has 0 unspecified atom stereocenters. The van der Waals surface area contributed by atoms with Crippen LogP contribution in [0.2, 0.25) is 0 Å². The van der Waals surface area contributed by atoms with E-state index in [-0.39, 0.29) is 30.6 Å². The number of piperidine rings is 1. The van der Waals surface area contributed by atoms with Crippen LogP contribution in [-0.4, -0.2) is 133 Å². The zero-order valence-electron chi connectivity index (χ0n) is 41.5. The van der Waals surface area contributed by atoms with Crippen LogP contribution in [0.15, 0.2) is 71.6 Å². The van der Waals surface area contributed by atoms with E-state index in [4.69, 9.17) is 14.7 Å². The standard InChI is InChI=1S/C50H57BrFN15O5S/c1-7-32-8-9-33-38(55-32)10-11-39(46(33)63(4)73(6,70)71)56-47-36(51)27-53-49(59-47)57-40-23-34(31-26-54-61(2)29-31)42(25-44(40)72-5)65-15-12-30(13-16-65)28-64-18-20-66(21-19-64)43-24-41-35(22-37(43)52)48(60-62(41)3)67-17-14-45(68)58-50(67)69/h8-11,22-27,29-30H,7,12-21,28H2,1-6H3,(H,58,68,69)(H2,53,56,57,59). The maximum atomic E-state index is 15.9. The Hall–Kier alpha value is -7.11. The van der Waals surface area contributed by atoms with Crippen molar-refractivity contribution >= 4 is 106 Å². The molecule has 7 aromatic rings. The number of ether oxygens (including phenoxy) is 1. The Bertz CT molecular complexity index is 3390. The number of sulfonamides is 1. The summed E-state index contributed by atoms with van der Waals surface area (Å²) in [6, 6.07) is 14.3. The van der Waals surface area contributed by atoms with Crippen molar-refractivity contribution in [1.29, 1.82) is 0 Å². The lowest BCUT2D eigenvalue weighted by Gasteiger charge is -2.40. The number of nitrogens with one attached hydrogen (secondary N) is 3. The van der Waals surface area contributed by atoms with E-state index in [1.165, 1.54) is 28.6 Å². The number of carbonyl (C=O) groups is 2. The lowest BCUT2D eigenvalue weighted by atomic mass is 9.94. The molecule has 3 aromatic carbocycles. The smallest absolute Gasteiger partial charge is 0.329 e. The third-order valence-electron chi connectivity index (χ3n) is 14.0. The molecule has 0 spiro atoms. The summed E-state index contributed by atoms with van der Waals surface area (Å²) >= 11 is 3.60. The number of nitrogens with zero attached hydrogens (tertiary/aromatic N) is 12. The highest BCUT2D eigenvalue weighted by Gasteiger charge is 2.31. The minimum atomic E-state index is -3.65. The number of methoxy groups -OCH3 is 1. The van der Waals surface area contributed by atoms with Crippen molar-refractivity contribution in [3.8, 4) is 16.9 Å². The van der Waals surface area contributed by atoms with Crippen molar-refractivity contribution < 1.29 is 27.1 Å². The van der Waals surface area contributed by atoms with Crippen LogP contribution in [0.4, 0.5) is 55.2 Å². The van der Waals surface area contributed by atoms with Crippen LogP contribution < -0.4 is 39.7 Å². The molecule has 3 N–H and O–H groups in total. The zero-order chi connectivity index (χ0) is 51.3. The maximum Gasteiger partial charge on any atom is 0.329 e. The number of benzene rings is 3. The Morgan fingerprint density at radius 3 is 2.37 bits per heavy atom. The molecule has 3 aliphatic rings. The molecule has 0 saturated carbocycles. The van der Waals surface area contributed by atoms with E-state index >= 15 is 4.39 Å². The number of hydrogen-bond donors (Lipinski definition) is 3. The van der Waals surface area contributed by atoms with Crippen LogP contribution in [0, 0.1) is 11.7 Å². The number of aryl methyl sites for hydroxylation is 3. The van der Waals surface area contributed by atoms with Crippen molar-refractivity contribution in [2.75, 3.05) is 102 Å². The van der Waals surface area contributed by atoms with E-state index in [2.05, 4.69) is 67.8 Å². The average Bonchev–Trinajstić information content (AvgIpc) is 3.95. The fraction of sp³-hybridized carbons (Fsp3) is 0.380. The minimum Gasteiger partial charge on any atom is -0.494 e. The third-order valence-corrected chi connectivity index (χ3v) is 15.8. The predicted octanol–water partition coefficient (Wildman–Crippen LogP) is 7.15. The quantitative estimate of drug-likeness (QED) is 0.0990. The van der Waals surface area contributed by atoms with Crippen LogP contribution in [0.3, 0.4) is 0 Å². The van der Waals surface area contributed by atoms with Crippen LogP contribution in [-0.2, 0) is 35.3 Å². The molecular weight excluding hydrogens is 1020 g/mol. The van der Waals surface area contributed by atoms with Gasteiger partial charge in [-0.1, -0.05) is 6.92 Å². The summed E-state index contributed by atoms with van der Waals surface area (Å²) in [6.45, 7) is 7.79. The van der Waals surface area contributed by atoms with Gasteiger partial charge in [0.1, 0.15) is 17.4 Å². The molecule has 382 valence electrons. The topological polar surface area (TPSA) is 204 Å². The number of pyridine rings is 1. The number of fused-ring (bicyclic) bond motifs is 2. The molecule has 3 amide bonds. The van der Waals surface area contributed by atoms with Crippen LogP contribution in [0.5, 0.6) is 5.75 Å². The van der Waals surface area contributed by atoms with Gasteiger partial charge in [-0.3, -0.25) is 38.6 Å². The summed E-state index contributed by atoms with van der Waals surface area (Å²) in [5, 5.41) is 19.3. The average molecular weight is 1080 g/mol. The van der Waals surface area contributed by atoms with E-state index in [9.17, 15) is 18.0 Å². The lowest BCUT2D eigenvalue weighted by Crippen LogP contribution is -2.49. The first-order valence-electron chi connectivity index (χ1n) is 24.2. The fourth-order valence-corrected chi connectivity index (χ4v) is 10.9. The number of aromatic nitrogens is 7. The van der Waals surface area contributed by atoms with E-state index < -0.39 is 16.1 Å². The maximum absolute atomic E-state index is 15.9. The van der Waals surface area contributed by atoms with E-state index in [1.807, 2.05) is 56.7 Å². The van der Waals surface area contributed by atoms with E-state index in [1.54, 1.807) is 35.8 Å². The summed E-state index contributed by atoms with van der Waals surface area (Å²) in [6.07, 6.45) is 9.52. The number of halogens is 2. The van der Waals surface area contributed by atoms with Gasteiger partial charge in [0.15, 0.2) is 5.82 Å². The number of carbonyl (C=O) groups excluding carboxylic acids is 2. The second kappa shape index (κ2) is 20.1. The Balaban J connectivity index is 0.823. The second-order valence-electron chi connectivity index (χ2n) is 18.8. The summed E-state index contributed by atoms with van der Waals surface area (Å²) in [5.74, 6) is 1.39. The molecule has 0 atom stereocenters. The highest BCUT2D eigenvalue weighted by Crippen LogP contribution is 2.43. The molecule has 10 rings (SSSR count). The number of urea groups is 1. The first-order valence-corrected chi connectivity index (χ1v) is 26.8. The molecule has 3 aliphatic heterocycles. The van der Waals surface area contributed by atoms with Crippen molar-refractivity contribution in [1.82, 2.24) is 44.7 Å². The number of rotatable bonds is 14. The first-order chi connectivity index (χ1) is 35.0. The Kier molecular flexibility index (Phi) is 13.6. The molecule has 7 heterocycles. The summed E-state index contributed by atoms with van der Waals surface area (Å²) in [5.41, 5.74) is 7.32. The fourth-order valence-electron chi connectivity index (χ4n) is 10.0. The van der Waals surface area contributed by atoms with Crippen LogP contribution >= 0.6 is 15.9 Å². The predicted molar refractivity (Wildman–Crippen MR) is 286 cm³/mol. The monoisotopic (exact) mass is 1080 g/mol. The molecule has 3 fully saturated rings. The molecule has 0 aliphatic carbocycles. The molecule has 20 nitrogen and oxygen atoms in total. The van der Waals surface area contributed by atoms with Gasteiger partial charge in [0.25, 0.3) is 0 Å². The summed E-state index contributed by atoms with van der Waals surface area (Å²) in [4.78, 5) is 46.9. The van der Waals surface area contributed by atoms with Gasteiger partial charge >= 0.3 is 6.03 Å². The van der Waals surface area contributed by atoms with Crippen LogP contribution in [0.1, 0.15) is 31.9 Å². The van der Waals surface area contributed by atoms with Gasteiger partial charge in [0.05, 0.1) is 57.8 Å². The molecule has 0 bridgehead atoms. The lowest BCUT2D eigenvalue weighted by molar-refractivity contribution is -0.120. The summed E-state index contributed by atoms with van der Waals surface area (Å²) < 4.78 is 53.0. The largest absolute Gasteiger partial charge is 0.494 e. The highest BCUT2D eigenvalue weighted by atomic mass is 79.9. The molecule has 23 heteroatoms. The number of amides is 3. The minimum absolute atomic E-state index is 0.155. The Morgan fingerprint density at radius 1 is 0.904 bits per heavy atom. The van der Waals surface area contributed by atoms with Gasteiger partial charge in [-0.2, -0.15) is 15.2 Å². The number of hydrogen-bond acceptors (Lipinski definition) is 15. The number of anilines is 8. The van der Waals surface area contributed by atoms with E-state index in [0.717, 1.165) is 74.5 Å². The normalized spacial score (nSPS) is 16.1. The third kappa shape index (κ3) is 10.0. The van der Waals surface area contributed by atoms with Gasteiger partial charge in [0, 0.05) is 132 Å². The zero-order valence-corrected chi connectivity index (χ0v) is 43.9. The second-order valence-corrected chi connectivity index (χ2v) is 21.6. The van der Waals surface area contributed by atoms with Gasteiger partial charge in [-0.25, -0.2) is 22.6 Å². The SMILES string of the molecule is CCc1ccc2c(N(C)S(C)(=O)=O)c(Nc3nc(Nc4cc(-c5cnn(C)c5)c(N5CCC(CN6CCN(c7cc8c(cc7F)c(N7CCC(=O)NC7=O)nn8C)CC6)CC5)cc4OC)ncc3Br)ccc2n1. The number of imide groups is 1. The van der Waals surface area contributed by atoms with E-state index in [0.29, 0.717) is 85.4 Å². The van der Waals surface area contributed by atoms with Gasteiger partial charge < -0.3 is 25.2 Å². The Morgan fingerprint density at radius 2 is 1.67 bits per heavy atom. The van der Waals surface area contributed by atoms with Crippen molar-refractivity contribution in [2.24, 2.45) is 20.0 Å². The van der Waals surface area contributed by atoms with Gasteiger partial charge in [-0.15, -0.1) is 0 Å². The molecule has 4 aromatic heterocycles. The van der Waals surface area contributed by atoms with Crippen molar-refractivity contribution in [2.45, 2.75) is 32.6 Å². The molecule has 73 heavy (non-hydrogen) atoms.